The average Bonchev–Trinajstić information content (AvgIpc) is 2.92. The van der Waals surface area contributed by atoms with Crippen LogP contribution in [0.15, 0.2) is 22.7 Å². The van der Waals surface area contributed by atoms with Crippen molar-refractivity contribution in [2.24, 2.45) is 0 Å². The number of rotatable bonds is 1. The monoisotopic (exact) mass is 487 g/mol. The number of carbonyl (C=O) groups is 1. The van der Waals surface area contributed by atoms with E-state index in [1.54, 1.807) is 12.1 Å². The maximum atomic E-state index is 11.2. The van der Waals surface area contributed by atoms with Crippen LogP contribution >= 0.6 is 39.1 Å². The fourth-order valence-corrected chi connectivity index (χ4v) is 4.04. The number of hydrogen-bond acceptors (Lipinski definition) is 7. The number of amides is 1. The molecule has 2 bridgehead atoms. The maximum absolute atomic E-state index is 11.2. The molecule has 0 aliphatic carbocycles. The molecule has 1 saturated heterocycles. The minimum absolute atomic E-state index is 0.0221. The number of nitrogen functional groups attached to an aromatic ring is 2. The number of aromatic nitrogens is 4. The van der Waals surface area contributed by atoms with Crippen molar-refractivity contribution in [3.63, 3.8) is 0 Å². The molecule has 1 fully saturated rings. The van der Waals surface area contributed by atoms with E-state index in [4.69, 9.17) is 34.7 Å². The maximum Gasteiger partial charge on any atom is 0.408 e. The van der Waals surface area contributed by atoms with Gasteiger partial charge in [0.25, 0.3) is 0 Å². The van der Waals surface area contributed by atoms with Gasteiger partial charge in [-0.25, -0.2) is 4.79 Å². The highest BCUT2D eigenvalue weighted by Crippen LogP contribution is 2.39. The Hall–Kier alpha value is -2.17. The molecule has 0 spiro atoms. The summed E-state index contributed by atoms with van der Waals surface area (Å²) in [6, 6.07) is 3.22. The van der Waals surface area contributed by atoms with Crippen molar-refractivity contribution in [2.45, 2.75) is 31.3 Å². The Bertz CT molecular complexity index is 943. The Labute approximate surface area is 178 Å². The van der Waals surface area contributed by atoms with Crippen LogP contribution in [-0.4, -0.2) is 48.6 Å². The number of nitrogens with zero attached hydrogens (tertiary/aromatic N) is 5. The molecule has 0 radical (unpaired) electrons. The van der Waals surface area contributed by atoms with Gasteiger partial charge in [-0.3, -0.25) is 4.90 Å². The van der Waals surface area contributed by atoms with Gasteiger partial charge in [-0.05, 0) is 52.9 Å². The van der Waals surface area contributed by atoms with Crippen molar-refractivity contribution in [3.8, 4) is 0 Å². The lowest BCUT2D eigenvalue weighted by atomic mass is 9.96. The highest BCUT2D eigenvalue weighted by molar-refractivity contribution is 9.10. The zero-order valence-corrected chi connectivity index (χ0v) is 17.5. The summed E-state index contributed by atoms with van der Waals surface area (Å²) in [6.07, 6.45) is 3.48. The van der Waals surface area contributed by atoms with Crippen molar-refractivity contribution in [2.75, 3.05) is 11.5 Å². The summed E-state index contributed by atoms with van der Waals surface area (Å²) in [4.78, 5) is 12.7. The van der Waals surface area contributed by atoms with Crippen molar-refractivity contribution in [3.05, 3.63) is 38.6 Å². The van der Waals surface area contributed by atoms with E-state index >= 15 is 0 Å². The number of fused-ring (bicyclic) bond motifs is 2. The van der Waals surface area contributed by atoms with Gasteiger partial charge in [0.2, 0.25) is 0 Å². The van der Waals surface area contributed by atoms with Gasteiger partial charge < -0.3 is 16.6 Å². The standard InChI is InChI=1S/C12H13ClN4O2.C4H3BrClN3/c13-10-5-9(11(14)16-15-10)6-3-7-1-2-8(4-6)17(7)12(18)19;5-2-1-3(6)8-9-4(2)7/h3,5,7-8H,1-2,4H2,(H2,14,16)(H,18,19);1H,(H2,7,9). The molecule has 5 N–H and O–H groups in total. The van der Waals surface area contributed by atoms with E-state index in [-0.39, 0.29) is 17.2 Å². The van der Waals surface area contributed by atoms with Gasteiger partial charge in [0.15, 0.2) is 21.9 Å². The van der Waals surface area contributed by atoms with Gasteiger partial charge in [0.05, 0.1) is 10.5 Å². The van der Waals surface area contributed by atoms with E-state index in [1.807, 2.05) is 6.08 Å². The molecule has 4 rings (SSSR count). The number of hydrogen-bond donors (Lipinski definition) is 3. The Balaban J connectivity index is 0.000000211. The van der Waals surface area contributed by atoms with Crippen LogP contribution in [0, 0.1) is 0 Å². The first-order chi connectivity index (χ1) is 13.3. The Morgan fingerprint density at radius 3 is 2.32 bits per heavy atom. The lowest BCUT2D eigenvalue weighted by molar-refractivity contribution is 0.128. The van der Waals surface area contributed by atoms with Gasteiger partial charge in [-0.2, -0.15) is 0 Å². The van der Waals surface area contributed by atoms with Crippen LogP contribution in [0.3, 0.4) is 0 Å². The molecular weight excluding hydrogens is 473 g/mol. The van der Waals surface area contributed by atoms with E-state index in [1.165, 1.54) is 4.90 Å². The first-order valence-electron chi connectivity index (χ1n) is 8.21. The fourth-order valence-electron chi connectivity index (χ4n) is 3.32. The first-order valence-corrected chi connectivity index (χ1v) is 9.76. The summed E-state index contributed by atoms with van der Waals surface area (Å²) in [6.45, 7) is 0. The third-order valence-electron chi connectivity index (χ3n) is 4.50. The van der Waals surface area contributed by atoms with Gasteiger partial charge in [-0.15, -0.1) is 20.4 Å². The lowest BCUT2D eigenvalue weighted by Crippen LogP contribution is -2.42. The van der Waals surface area contributed by atoms with Crippen LogP contribution in [0.4, 0.5) is 16.4 Å². The summed E-state index contributed by atoms with van der Waals surface area (Å²) in [5, 5.41) is 24.3. The van der Waals surface area contributed by atoms with Crippen LogP contribution in [0.25, 0.3) is 5.57 Å². The van der Waals surface area contributed by atoms with Crippen molar-refractivity contribution < 1.29 is 9.90 Å². The van der Waals surface area contributed by atoms with Gasteiger partial charge in [0.1, 0.15) is 0 Å². The fraction of sp³-hybridized carbons (Fsp3) is 0.312. The van der Waals surface area contributed by atoms with Crippen LogP contribution < -0.4 is 11.5 Å². The summed E-state index contributed by atoms with van der Waals surface area (Å²) in [5.41, 5.74) is 12.9. The van der Waals surface area contributed by atoms with E-state index < -0.39 is 6.09 Å². The summed E-state index contributed by atoms with van der Waals surface area (Å²) >= 11 is 14.4. The quantitative estimate of drug-likeness (QED) is 0.553. The van der Waals surface area contributed by atoms with Gasteiger partial charge in [-0.1, -0.05) is 29.3 Å². The second kappa shape index (κ2) is 8.46. The van der Waals surface area contributed by atoms with Crippen molar-refractivity contribution >= 4 is 62.4 Å². The highest BCUT2D eigenvalue weighted by Gasteiger charge is 2.40. The molecule has 2 atom stereocenters. The van der Waals surface area contributed by atoms with E-state index in [0.717, 1.165) is 24.0 Å². The molecule has 0 saturated carbocycles. The molecule has 4 heterocycles. The normalized spacial score (nSPS) is 20.2. The number of anilines is 2. The number of halogens is 3. The third-order valence-corrected chi connectivity index (χ3v) is 5.50. The molecule has 2 unspecified atom stereocenters. The molecule has 28 heavy (non-hydrogen) atoms. The van der Waals surface area contributed by atoms with E-state index in [2.05, 4.69) is 36.3 Å². The van der Waals surface area contributed by atoms with E-state index in [0.29, 0.717) is 27.7 Å². The first kappa shape index (κ1) is 20.6. The Morgan fingerprint density at radius 2 is 1.75 bits per heavy atom. The SMILES string of the molecule is Nc1nnc(Cl)cc1Br.Nc1nnc(Cl)cc1C1=CC2CCC(C1)N2C(=O)O. The summed E-state index contributed by atoms with van der Waals surface area (Å²) in [7, 11) is 0. The second-order valence-electron chi connectivity index (χ2n) is 6.25. The lowest BCUT2D eigenvalue weighted by Gasteiger charge is -2.31. The molecule has 0 aromatic carbocycles. The number of carboxylic acid groups (broad SMARTS) is 1. The average molecular weight is 489 g/mol. The van der Waals surface area contributed by atoms with Crippen LogP contribution in [0.1, 0.15) is 24.8 Å². The molecule has 1 amide bonds. The minimum Gasteiger partial charge on any atom is -0.465 e. The third kappa shape index (κ3) is 4.45. The topological polar surface area (TPSA) is 144 Å². The van der Waals surface area contributed by atoms with Crippen LogP contribution in [-0.2, 0) is 0 Å². The largest absolute Gasteiger partial charge is 0.465 e. The molecule has 148 valence electrons. The Kier molecular flexibility index (Phi) is 6.21. The highest BCUT2D eigenvalue weighted by atomic mass is 79.9. The second-order valence-corrected chi connectivity index (χ2v) is 7.88. The molecule has 12 heteroatoms. The van der Waals surface area contributed by atoms with Crippen molar-refractivity contribution in [1.82, 2.24) is 25.3 Å². The summed E-state index contributed by atoms with van der Waals surface area (Å²) in [5.74, 6) is 0.679. The predicted octanol–water partition coefficient (Wildman–Crippen LogP) is 3.49. The zero-order valence-electron chi connectivity index (χ0n) is 14.4. The van der Waals surface area contributed by atoms with Crippen LogP contribution in [0.2, 0.25) is 10.3 Å². The molecule has 2 aromatic rings. The Morgan fingerprint density at radius 1 is 1.11 bits per heavy atom. The number of nitrogens with two attached hydrogens (primary N) is 2. The van der Waals surface area contributed by atoms with E-state index in [9.17, 15) is 9.90 Å². The molecule has 2 aliphatic rings. The molecule has 2 aromatic heterocycles. The summed E-state index contributed by atoms with van der Waals surface area (Å²) < 4.78 is 0.669. The minimum atomic E-state index is -0.860. The van der Waals surface area contributed by atoms with Gasteiger partial charge >= 0.3 is 6.09 Å². The molecule has 9 nitrogen and oxygen atoms in total. The predicted molar refractivity (Wildman–Crippen MR) is 110 cm³/mol. The molecule has 2 aliphatic heterocycles. The van der Waals surface area contributed by atoms with Crippen LogP contribution in [0.5, 0.6) is 0 Å². The smallest absolute Gasteiger partial charge is 0.408 e. The molecular formula is C16H16BrCl2N7O2. The van der Waals surface area contributed by atoms with Gasteiger partial charge in [0, 0.05) is 11.6 Å². The zero-order chi connectivity index (χ0) is 20.4. The van der Waals surface area contributed by atoms with Crippen molar-refractivity contribution in [1.29, 1.82) is 0 Å².